The summed E-state index contributed by atoms with van der Waals surface area (Å²) < 4.78 is 0. The van der Waals surface area contributed by atoms with Crippen LogP contribution in [0.1, 0.15) is 38.7 Å². The van der Waals surface area contributed by atoms with Gasteiger partial charge in [0.25, 0.3) is 0 Å². The molecule has 2 rings (SSSR count). The zero-order valence-corrected chi connectivity index (χ0v) is 12.4. The molecule has 2 unspecified atom stereocenters. The Morgan fingerprint density at radius 2 is 2.15 bits per heavy atom. The molecule has 1 saturated heterocycles. The van der Waals surface area contributed by atoms with E-state index in [2.05, 4.69) is 43.0 Å². The topological polar surface area (TPSA) is 33.6 Å². The third-order valence-corrected chi connectivity index (χ3v) is 3.82. The SMILES string of the molecule is C=C(CC1CCN1)O/N=C(/c1ccccc1)C(C)CC. The molecule has 3 nitrogen and oxygen atoms in total. The second-order valence-corrected chi connectivity index (χ2v) is 5.43. The molecule has 0 amide bonds. The normalized spacial score (nSPS) is 20.1. The third kappa shape index (κ3) is 3.94. The molecule has 3 heteroatoms. The van der Waals surface area contributed by atoms with E-state index in [9.17, 15) is 0 Å². The molecular weight excluding hydrogens is 248 g/mol. The van der Waals surface area contributed by atoms with Crippen LogP contribution in [0.4, 0.5) is 0 Å². The molecule has 1 N–H and O–H groups in total. The van der Waals surface area contributed by atoms with Crippen molar-refractivity contribution in [2.75, 3.05) is 6.54 Å². The van der Waals surface area contributed by atoms with Gasteiger partial charge >= 0.3 is 0 Å². The molecule has 108 valence electrons. The lowest BCUT2D eigenvalue weighted by Crippen LogP contribution is -2.42. The number of hydrogen-bond donors (Lipinski definition) is 1. The van der Waals surface area contributed by atoms with Gasteiger partial charge in [-0.2, -0.15) is 0 Å². The summed E-state index contributed by atoms with van der Waals surface area (Å²) in [5.41, 5.74) is 2.12. The maximum Gasteiger partial charge on any atom is 0.129 e. The van der Waals surface area contributed by atoms with E-state index >= 15 is 0 Å². The molecule has 0 aliphatic carbocycles. The van der Waals surface area contributed by atoms with Crippen LogP contribution in [-0.2, 0) is 4.84 Å². The molecule has 0 spiro atoms. The van der Waals surface area contributed by atoms with Crippen molar-refractivity contribution < 1.29 is 4.84 Å². The van der Waals surface area contributed by atoms with E-state index in [1.54, 1.807) is 0 Å². The summed E-state index contributed by atoms with van der Waals surface area (Å²) >= 11 is 0. The first-order valence-corrected chi connectivity index (χ1v) is 7.42. The average Bonchev–Trinajstić information content (AvgIpc) is 2.44. The predicted molar refractivity (Wildman–Crippen MR) is 83.7 cm³/mol. The first-order valence-electron chi connectivity index (χ1n) is 7.42. The zero-order valence-electron chi connectivity index (χ0n) is 12.4. The molecule has 1 fully saturated rings. The Hall–Kier alpha value is -1.61. The Morgan fingerprint density at radius 1 is 1.45 bits per heavy atom. The smallest absolute Gasteiger partial charge is 0.129 e. The van der Waals surface area contributed by atoms with Crippen molar-refractivity contribution in [2.45, 2.75) is 39.2 Å². The maximum atomic E-state index is 5.54. The van der Waals surface area contributed by atoms with Crippen LogP contribution in [0.5, 0.6) is 0 Å². The van der Waals surface area contributed by atoms with Gasteiger partial charge in [-0.15, -0.1) is 0 Å². The van der Waals surface area contributed by atoms with E-state index in [1.807, 2.05) is 18.2 Å². The summed E-state index contributed by atoms with van der Waals surface area (Å²) in [5, 5.41) is 7.71. The fourth-order valence-corrected chi connectivity index (χ4v) is 2.18. The minimum Gasteiger partial charge on any atom is -0.362 e. The molecule has 1 aliphatic rings. The zero-order chi connectivity index (χ0) is 14.4. The predicted octanol–water partition coefficient (Wildman–Crippen LogP) is 3.72. The Labute approximate surface area is 121 Å². The molecule has 1 heterocycles. The lowest BCUT2D eigenvalue weighted by atomic mass is 9.96. The van der Waals surface area contributed by atoms with Crippen molar-refractivity contribution in [3.8, 4) is 0 Å². The highest BCUT2D eigenvalue weighted by atomic mass is 16.6. The molecule has 0 saturated carbocycles. The molecule has 1 aliphatic heterocycles. The summed E-state index contributed by atoms with van der Waals surface area (Å²) in [6.07, 6.45) is 3.07. The number of nitrogens with zero attached hydrogens (tertiary/aromatic N) is 1. The molecule has 1 aromatic carbocycles. The fraction of sp³-hybridized carbons (Fsp3) is 0.471. The van der Waals surface area contributed by atoms with Crippen LogP contribution in [0.25, 0.3) is 0 Å². The molecule has 1 aromatic rings. The minimum absolute atomic E-state index is 0.368. The van der Waals surface area contributed by atoms with Crippen LogP contribution in [-0.4, -0.2) is 18.3 Å². The van der Waals surface area contributed by atoms with Gasteiger partial charge in [0.15, 0.2) is 0 Å². The van der Waals surface area contributed by atoms with Gasteiger partial charge in [-0.05, 0) is 24.9 Å². The summed E-state index contributed by atoms with van der Waals surface area (Å²) in [7, 11) is 0. The van der Waals surface area contributed by atoms with Crippen molar-refractivity contribution in [1.82, 2.24) is 5.32 Å². The highest BCUT2D eigenvalue weighted by molar-refractivity contribution is 6.01. The monoisotopic (exact) mass is 272 g/mol. The number of hydrogen-bond acceptors (Lipinski definition) is 3. The summed E-state index contributed by atoms with van der Waals surface area (Å²) in [6, 6.07) is 10.7. The average molecular weight is 272 g/mol. The van der Waals surface area contributed by atoms with E-state index in [0.29, 0.717) is 12.0 Å². The van der Waals surface area contributed by atoms with E-state index in [1.165, 1.54) is 6.42 Å². The van der Waals surface area contributed by atoms with Gasteiger partial charge in [-0.1, -0.05) is 55.9 Å². The minimum atomic E-state index is 0.368. The number of oxime groups is 1. The lowest BCUT2D eigenvalue weighted by molar-refractivity contribution is 0.197. The molecule has 0 radical (unpaired) electrons. The van der Waals surface area contributed by atoms with Gasteiger partial charge in [-0.3, -0.25) is 0 Å². The van der Waals surface area contributed by atoms with Crippen LogP contribution in [0, 0.1) is 5.92 Å². The highest BCUT2D eigenvalue weighted by Crippen LogP contribution is 2.17. The van der Waals surface area contributed by atoms with Crippen molar-refractivity contribution in [1.29, 1.82) is 0 Å². The number of benzene rings is 1. The molecule has 0 aromatic heterocycles. The fourth-order valence-electron chi connectivity index (χ4n) is 2.18. The Morgan fingerprint density at radius 3 is 2.70 bits per heavy atom. The number of rotatable bonds is 7. The Bertz CT molecular complexity index is 463. The summed E-state index contributed by atoms with van der Waals surface area (Å²) in [5.74, 6) is 1.10. The van der Waals surface area contributed by atoms with Gasteiger partial charge < -0.3 is 10.2 Å². The quantitative estimate of drug-likeness (QED) is 0.466. The second kappa shape index (κ2) is 7.25. The van der Waals surface area contributed by atoms with Gasteiger partial charge in [0.2, 0.25) is 0 Å². The van der Waals surface area contributed by atoms with Crippen LogP contribution in [0.3, 0.4) is 0 Å². The summed E-state index contributed by atoms with van der Waals surface area (Å²) in [6.45, 7) is 9.39. The Kier molecular flexibility index (Phi) is 5.36. The van der Waals surface area contributed by atoms with E-state index in [-0.39, 0.29) is 0 Å². The standard InChI is InChI=1S/C17H24N2O/c1-4-13(2)17(15-8-6-5-7-9-15)19-20-14(3)12-16-10-11-18-16/h5-9,13,16,18H,3-4,10-12H2,1-2H3/b19-17+. The van der Waals surface area contributed by atoms with Crippen molar-refractivity contribution >= 4 is 5.71 Å². The van der Waals surface area contributed by atoms with Crippen molar-refractivity contribution in [3.05, 3.63) is 48.2 Å². The second-order valence-electron chi connectivity index (χ2n) is 5.43. The molecule has 2 atom stereocenters. The van der Waals surface area contributed by atoms with Gasteiger partial charge in [0, 0.05) is 18.4 Å². The molecule has 0 bridgehead atoms. The lowest BCUT2D eigenvalue weighted by Gasteiger charge is -2.27. The van der Waals surface area contributed by atoms with Crippen molar-refractivity contribution in [3.63, 3.8) is 0 Å². The molecule has 20 heavy (non-hydrogen) atoms. The van der Waals surface area contributed by atoms with Gasteiger partial charge in [-0.25, -0.2) is 0 Å². The first-order chi connectivity index (χ1) is 9.70. The highest BCUT2D eigenvalue weighted by Gasteiger charge is 2.18. The first kappa shape index (κ1) is 14.8. The molecular formula is C17H24N2O. The van der Waals surface area contributed by atoms with E-state index in [0.717, 1.165) is 36.4 Å². The third-order valence-electron chi connectivity index (χ3n) is 3.82. The van der Waals surface area contributed by atoms with E-state index < -0.39 is 0 Å². The largest absolute Gasteiger partial charge is 0.362 e. The number of nitrogens with one attached hydrogen (secondary N) is 1. The van der Waals surface area contributed by atoms with Gasteiger partial charge in [0.1, 0.15) is 5.76 Å². The van der Waals surface area contributed by atoms with Crippen LogP contribution >= 0.6 is 0 Å². The van der Waals surface area contributed by atoms with Crippen LogP contribution in [0.2, 0.25) is 0 Å². The summed E-state index contributed by atoms with van der Waals surface area (Å²) in [4.78, 5) is 5.54. The maximum absolute atomic E-state index is 5.54. The Balaban J connectivity index is 2.02. The van der Waals surface area contributed by atoms with Crippen molar-refractivity contribution in [2.24, 2.45) is 11.1 Å². The van der Waals surface area contributed by atoms with E-state index in [4.69, 9.17) is 4.84 Å². The van der Waals surface area contributed by atoms with Crippen LogP contribution < -0.4 is 5.32 Å². The van der Waals surface area contributed by atoms with Gasteiger partial charge in [0.05, 0.1) is 5.71 Å². The van der Waals surface area contributed by atoms with Crippen LogP contribution in [0.15, 0.2) is 47.8 Å².